The Morgan fingerprint density at radius 1 is 0.568 bits per heavy atom. The molecule has 0 atom stereocenters. The molecule has 0 saturated heterocycles. The van der Waals surface area contributed by atoms with Gasteiger partial charge >= 0.3 is 0 Å². The van der Waals surface area contributed by atoms with Gasteiger partial charge in [-0.2, -0.15) is 0 Å². The van der Waals surface area contributed by atoms with Crippen LogP contribution in [0.5, 0.6) is 0 Å². The smallest absolute Gasteiger partial charge is 0.162 e. The molecule has 4 heterocycles. The molecular formula is C32H16N2S3. The number of thiophene rings is 2. The first-order valence-corrected chi connectivity index (χ1v) is 14.6. The lowest BCUT2D eigenvalue weighted by atomic mass is 9.99. The molecule has 1 aliphatic rings. The van der Waals surface area contributed by atoms with Gasteiger partial charge in [-0.25, -0.2) is 9.97 Å². The van der Waals surface area contributed by atoms with Crippen molar-refractivity contribution in [2.75, 3.05) is 0 Å². The largest absolute Gasteiger partial charge is 0.226 e. The van der Waals surface area contributed by atoms with Gasteiger partial charge in [-0.1, -0.05) is 78.5 Å². The summed E-state index contributed by atoms with van der Waals surface area (Å²) in [6.45, 7) is 0. The van der Waals surface area contributed by atoms with E-state index in [9.17, 15) is 0 Å². The average Bonchev–Trinajstić information content (AvgIpc) is 3.53. The summed E-state index contributed by atoms with van der Waals surface area (Å²) in [4.78, 5) is 13.3. The molecule has 37 heavy (non-hydrogen) atoms. The van der Waals surface area contributed by atoms with Crippen LogP contribution in [0, 0.1) is 0 Å². The number of rotatable bonds is 2. The molecule has 2 nitrogen and oxygen atoms in total. The molecule has 0 fully saturated rings. The van der Waals surface area contributed by atoms with Crippen LogP contribution in [0.15, 0.2) is 107 Å². The highest BCUT2D eigenvalue weighted by molar-refractivity contribution is 8.00. The Labute approximate surface area is 224 Å². The number of hydrogen-bond donors (Lipinski definition) is 0. The second-order valence-corrected chi connectivity index (χ2v) is 12.5. The van der Waals surface area contributed by atoms with Gasteiger partial charge in [0.25, 0.3) is 0 Å². The third kappa shape index (κ3) is 2.76. The summed E-state index contributed by atoms with van der Waals surface area (Å²) in [6.07, 6.45) is 0. The Kier molecular flexibility index (Phi) is 4.05. The Morgan fingerprint density at radius 2 is 1.32 bits per heavy atom. The lowest BCUT2D eigenvalue weighted by Crippen LogP contribution is -1.95. The van der Waals surface area contributed by atoms with Crippen molar-refractivity contribution >= 4 is 85.7 Å². The first kappa shape index (κ1) is 20.3. The second-order valence-electron chi connectivity index (χ2n) is 9.35. The van der Waals surface area contributed by atoms with E-state index in [1.54, 1.807) is 11.3 Å². The third-order valence-corrected chi connectivity index (χ3v) is 10.7. The van der Waals surface area contributed by atoms with Gasteiger partial charge in [0.1, 0.15) is 0 Å². The average molecular weight is 525 g/mol. The fourth-order valence-electron chi connectivity index (χ4n) is 5.66. The van der Waals surface area contributed by atoms with Gasteiger partial charge in [-0.3, -0.25) is 0 Å². The standard InChI is InChI=1S/C32H16N2S3/c1-2-8-17(9-3-1)28-31-29(19-11-4-5-12-21(19)36-31)34-32(33-28)20-16-18-10-6-13-22-25(18)27-26-23(35-22)14-7-15-24(26)37-30(20)27/h1-16H. The molecule has 3 aromatic heterocycles. The zero-order chi connectivity index (χ0) is 24.1. The van der Waals surface area contributed by atoms with E-state index in [1.807, 2.05) is 23.1 Å². The van der Waals surface area contributed by atoms with Crippen molar-refractivity contribution in [2.24, 2.45) is 0 Å². The zero-order valence-corrected chi connectivity index (χ0v) is 21.8. The van der Waals surface area contributed by atoms with Crippen molar-refractivity contribution in [2.45, 2.75) is 9.79 Å². The highest BCUT2D eigenvalue weighted by atomic mass is 32.2. The third-order valence-electron chi connectivity index (χ3n) is 7.26. The van der Waals surface area contributed by atoms with E-state index in [1.165, 1.54) is 50.8 Å². The van der Waals surface area contributed by atoms with Crippen LogP contribution in [0.25, 0.3) is 73.9 Å². The predicted octanol–water partition coefficient (Wildman–Crippen LogP) is 10.2. The summed E-state index contributed by atoms with van der Waals surface area (Å²) in [5, 5.41) is 6.54. The van der Waals surface area contributed by atoms with Gasteiger partial charge in [-0.15, -0.1) is 22.7 Å². The van der Waals surface area contributed by atoms with E-state index in [0.29, 0.717) is 0 Å². The van der Waals surface area contributed by atoms with Crippen LogP contribution in [0.1, 0.15) is 0 Å². The van der Waals surface area contributed by atoms with Gasteiger partial charge in [0.05, 0.1) is 15.9 Å². The van der Waals surface area contributed by atoms with E-state index >= 15 is 0 Å². The molecule has 172 valence electrons. The van der Waals surface area contributed by atoms with Crippen molar-refractivity contribution in [1.29, 1.82) is 0 Å². The first-order chi connectivity index (χ1) is 18.3. The summed E-state index contributed by atoms with van der Waals surface area (Å²) in [5.41, 5.74) is 4.29. The number of aromatic nitrogens is 2. The van der Waals surface area contributed by atoms with E-state index in [4.69, 9.17) is 9.97 Å². The van der Waals surface area contributed by atoms with Crippen LogP contribution in [0.3, 0.4) is 0 Å². The Morgan fingerprint density at radius 3 is 2.24 bits per heavy atom. The van der Waals surface area contributed by atoms with Crippen LogP contribution in [-0.4, -0.2) is 9.97 Å². The number of fused-ring (bicyclic) bond motifs is 3. The maximum Gasteiger partial charge on any atom is 0.162 e. The van der Waals surface area contributed by atoms with E-state index in [0.717, 1.165) is 32.9 Å². The van der Waals surface area contributed by atoms with Crippen molar-refractivity contribution in [3.8, 4) is 22.6 Å². The Hall–Kier alpha value is -3.77. The van der Waals surface area contributed by atoms with Gasteiger partial charge in [0.15, 0.2) is 5.82 Å². The first-order valence-electron chi connectivity index (χ1n) is 12.2. The van der Waals surface area contributed by atoms with Crippen molar-refractivity contribution in [3.63, 3.8) is 0 Å². The molecule has 8 aromatic rings. The highest BCUT2D eigenvalue weighted by Gasteiger charge is 2.24. The van der Waals surface area contributed by atoms with Crippen LogP contribution in [-0.2, 0) is 0 Å². The van der Waals surface area contributed by atoms with Gasteiger partial charge in [0.2, 0.25) is 0 Å². The van der Waals surface area contributed by atoms with Crippen molar-refractivity contribution < 1.29 is 0 Å². The molecule has 0 bridgehead atoms. The van der Waals surface area contributed by atoms with Crippen LogP contribution < -0.4 is 0 Å². The molecule has 0 radical (unpaired) electrons. The summed E-state index contributed by atoms with van der Waals surface area (Å²) in [5.74, 6) is 0.800. The van der Waals surface area contributed by atoms with Gasteiger partial charge in [0, 0.05) is 56.6 Å². The summed E-state index contributed by atoms with van der Waals surface area (Å²) >= 11 is 5.53. The molecule has 1 aliphatic heterocycles. The number of benzene rings is 5. The minimum atomic E-state index is 0.800. The molecule has 0 aliphatic carbocycles. The van der Waals surface area contributed by atoms with Crippen molar-refractivity contribution in [3.05, 3.63) is 97.1 Å². The van der Waals surface area contributed by atoms with E-state index in [2.05, 4.69) is 97.1 Å². The Bertz CT molecular complexity index is 2230. The van der Waals surface area contributed by atoms with Crippen molar-refractivity contribution in [1.82, 2.24) is 9.97 Å². The molecule has 0 N–H and O–H groups in total. The minimum absolute atomic E-state index is 0.800. The fraction of sp³-hybridized carbons (Fsp3) is 0. The fourth-order valence-corrected chi connectivity index (χ4v) is 9.29. The SMILES string of the molecule is c1ccc(-c2nc(-c3cc4cccc5c4c4c3sc3cccc(c34)S5)nc3c2sc2ccccc23)cc1. The Balaban J connectivity index is 1.47. The summed E-state index contributed by atoms with van der Waals surface area (Å²) in [6, 6.07) is 34.8. The maximum atomic E-state index is 5.30. The van der Waals surface area contributed by atoms with Gasteiger partial charge < -0.3 is 0 Å². The molecule has 9 rings (SSSR count). The highest BCUT2D eigenvalue weighted by Crippen LogP contribution is 2.53. The predicted molar refractivity (Wildman–Crippen MR) is 160 cm³/mol. The minimum Gasteiger partial charge on any atom is -0.226 e. The van der Waals surface area contributed by atoms with E-state index < -0.39 is 0 Å². The lowest BCUT2D eigenvalue weighted by Gasteiger charge is -2.16. The normalized spacial score (nSPS) is 12.8. The molecular weight excluding hydrogens is 509 g/mol. The lowest BCUT2D eigenvalue weighted by molar-refractivity contribution is 1.25. The molecule has 0 saturated carbocycles. The molecule has 5 aromatic carbocycles. The monoisotopic (exact) mass is 524 g/mol. The quantitative estimate of drug-likeness (QED) is 0.225. The van der Waals surface area contributed by atoms with E-state index in [-0.39, 0.29) is 0 Å². The molecule has 0 unspecified atom stereocenters. The summed E-state index contributed by atoms with van der Waals surface area (Å²) < 4.78 is 4.99. The molecule has 0 amide bonds. The molecule has 5 heteroatoms. The van der Waals surface area contributed by atoms with Crippen LogP contribution in [0.4, 0.5) is 0 Å². The topological polar surface area (TPSA) is 25.8 Å². The van der Waals surface area contributed by atoms with Crippen LogP contribution >= 0.6 is 34.4 Å². The number of hydrogen-bond acceptors (Lipinski definition) is 5. The second kappa shape index (κ2) is 7.39. The number of nitrogens with zero attached hydrogens (tertiary/aromatic N) is 2. The molecule has 0 spiro atoms. The van der Waals surface area contributed by atoms with Gasteiger partial charge in [-0.05, 0) is 35.7 Å². The zero-order valence-electron chi connectivity index (χ0n) is 19.4. The summed E-state index contributed by atoms with van der Waals surface area (Å²) in [7, 11) is 0. The maximum absolute atomic E-state index is 5.30. The van der Waals surface area contributed by atoms with Crippen LogP contribution in [0.2, 0.25) is 0 Å².